The molecular formula is C16H25N5O13P2. The molecule has 4 heterocycles. The summed E-state index contributed by atoms with van der Waals surface area (Å²) in [4.78, 5) is 31.7. The van der Waals surface area contributed by atoms with Crippen molar-refractivity contribution in [3.8, 4) is 0 Å². The number of phosphoric ester groups is 2. The summed E-state index contributed by atoms with van der Waals surface area (Å²) in [5.74, 6) is -0.429. The van der Waals surface area contributed by atoms with Gasteiger partial charge in [-0.2, -0.15) is 4.31 Å². The molecule has 2 aromatic heterocycles. The summed E-state index contributed by atoms with van der Waals surface area (Å²) in [6.45, 7) is 0.0475. The number of hydrogen-bond acceptors (Lipinski definition) is 15. The van der Waals surface area contributed by atoms with E-state index in [1.807, 2.05) is 0 Å². The number of ether oxygens (including phenoxy) is 2. The number of nitrogens with two attached hydrogens (primary N) is 1. The van der Waals surface area contributed by atoms with Crippen molar-refractivity contribution in [2.45, 2.75) is 50.0 Å². The second kappa shape index (κ2) is 10.3. The van der Waals surface area contributed by atoms with Crippen LogP contribution in [0.1, 0.15) is 13.2 Å². The SMILES string of the molecule is C[C@H]1C(n2cnc3c(N)ncnc32)O[C@H](COP(=O)(O)OP(=O)(O)OC[C@H]2O[C@@H](O)[C@H](O)[C@@H]2O)[C@H]1O. The zero-order valence-corrected chi connectivity index (χ0v) is 20.3. The van der Waals surface area contributed by atoms with E-state index < -0.39 is 77.8 Å². The van der Waals surface area contributed by atoms with Gasteiger partial charge in [-0.25, -0.2) is 24.1 Å². The van der Waals surface area contributed by atoms with Gasteiger partial charge in [-0.05, 0) is 0 Å². The number of aliphatic hydroxyl groups is 4. The summed E-state index contributed by atoms with van der Waals surface area (Å²) in [6.07, 6.45) is -7.06. The standard InChI is InChI=1S/C16H25N5O13P2/c1-6-10(22)7(32-15(6)21-5-20-9-13(17)18-4-19-14(9)21)2-30-35(26,27)34-36(28,29)31-3-8-11(23)12(24)16(25)33-8/h4-8,10-12,15-16,22-25H,2-3H2,1H3,(H,26,27)(H,28,29)(H2,17,18,19)/t6-,7-,8-,10+,11-,12-,15?,16-/m1/s1. The van der Waals surface area contributed by atoms with Gasteiger partial charge in [-0.15, -0.1) is 0 Å². The van der Waals surface area contributed by atoms with Crippen LogP contribution in [0.15, 0.2) is 12.7 Å². The van der Waals surface area contributed by atoms with Crippen molar-refractivity contribution in [3.63, 3.8) is 0 Å². The van der Waals surface area contributed by atoms with Gasteiger partial charge in [0.2, 0.25) is 0 Å². The fourth-order valence-electron chi connectivity index (χ4n) is 3.78. The van der Waals surface area contributed by atoms with Crippen molar-refractivity contribution in [3.05, 3.63) is 12.7 Å². The highest BCUT2D eigenvalue weighted by Crippen LogP contribution is 2.60. The van der Waals surface area contributed by atoms with E-state index in [2.05, 4.69) is 23.8 Å². The predicted octanol–water partition coefficient (Wildman–Crippen LogP) is -2.01. The van der Waals surface area contributed by atoms with Crippen molar-refractivity contribution < 1.29 is 62.2 Å². The van der Waals surface area contributed by atoms with Crippen LogP contribution in [-0.2, 0) is 32.0 Å². The topological polar surface area (TPSA) is 271 Å². The van der Waals surface area contributed by atoms with Crippen LogP contribution in [0.4, 0.5) is 5.82 Å². The number of fused-ring (bicyclic) bond motifs is 1. The summed E-state index contributed by atoms with van der Waals surface area (Å²) in [7, 11) is -10.5. The fourth-order valence-corrected chi connectivity index (χ4v) is 5.87. The Morgan fingerprint density at radius 2 is 1.58 bits per heavy atom. The maximum absolute atomic E-state index is 12.2. The molecule has 2 aromatic rings. The molecule has 0 aliphatic carbocycles. The molecule has 36 heavy (non-hydrogen) atoms. The number of anilines is 1. The van der Waals surface area contributed by atoms with Crippen LogP contribution < -0.4 is 5.73 Å². The third-order valence-corrected chi connectivity index (χ3v) is 8.29. The lowest BCUT2D eigenvalue weighted by Gasteiger charge is -2.20. The first-order valence-electron chi connectivity index (χ1n) is 10.4. The van der Waals surface area contributed by atoms with Crippen LogP contribution in [0.5, 0.6) is 0 Å². The molecule has 2 fully saturated rings. The van der Waals surface area contributed by atoms with Gasteiger partial charge < -0.3 is 45.4 Å². The fraction of sp³-hybridized carbons (Fsp3) is 0.688. The van der Waals surface area contributed by atoms with E-state index in [1.54, 1.807) is 6.92 Å². The summed E-state index contributed by atoms with van der Waals surface area (Å²) in [6, 6.07) is 0. The Morgan fingerprint density at radius 1 is 0.972 bits per heavy atom. The van der Waals surface area contributed by atoms with E-state index >= 15 is 0 Å². The van der Waals surface area contributed by atoms with Gasteiger partial charge in [0.1, 0.15) is 42.5 Å². The smallest absolute Gasteiger partial charge is 0.390 e. The molecule has 2 aliphatic heterocycles. The highest BCUT2D eigenvalue weighted by Gasteiger charge is 2.46. The third-order valence-electron chi connectivity index (χ3n) is 5.69. The molecule has 8 N–H and O–H groups in total. The van der Waals surface area contributed by atoms with Crippen LogP contribution in [0.3, 0.4) is 0 Å². The number of hydrogen-bond donors (Lipinski definition) is 7. The molecule has 0 amide bonds. The van der Waals surface area contributed by atoms with E-state index in [-0.39, 0.29) is 5.82 Å². The molecule has 2 aliphatic rings. The van der Waals surface area contributed by atoms with Crippen LogP contribution in [0.25, 0.3) is 11.2 Å². The molecule has 10 atom stereocenters. The summed E-state index contributed by atoms with van der Waals surface area (Å²) >= 11 is 0. The molecule has 2 saturated heterocycles. The number of imidazole rings is 1. The molecular weight excluding hydrogens is 532 g/mol. The Hall–Kier alpha value is -1.63. The van der Waals surface area contributed by atoms with Gasteiger partial charge in [0.25, 0.3) is 0 Å². The largest absolute Gasteiger partial charge is 0.481 e. The maximum atomic E-state index is 12.2. The first-order valence-corrected chi connectivity index (χ1v) is 13.4. The second-order valence-corrected chi connectivity index (χ2v) is 11.2. The Morgan fingerprint density at radius 3 is 2.17 bits per heavy atom. The van der Waals surface area contributed by atoms with E-state index in [1.165, 1.54) is 17.2 Å². The van der Waals surface area contributed by atoms with Gasteiger partial charge in [-0.3, -0.25) is 13.6 Å². The van der Waals surface area contributed by atoms with Crippen molar-refractivity contribution in [2.24, 2.45) is 5.92 Å². The highest BCUT2D eigenvalue weighted by molar-refractivity contribution is 7.61. The van der Waals surface area contributed by atoms with Crippen LogP contribution >= 0.6 is 15.6 Å². The lowest BCUT2D eigenvalue weighted by molar-refractivity contribution is -0.132. The monoisotopic (exact) mass is 557 g/mol. The Bertz CT molecular complexity index is 1180. The normalized spacial score (nSPS) is 36.2. The summed E-state index contributed by atoms with van der Waals surface area (Å²) in [5.41, 5.74) is 6.42. The molecule has 0 spiro atoms. The quantitative estimate of drug-likeness (QED) is 0.164. The van der Waals surface area contributed by atoms with Crippen LogP contribution in [0.2, 0.25) is 0 Å². The molecule has 0 radical (unpaired) electrons. The third kappa shape index (κ3) is 5.61. The zero-order chi connectivity index (χ0) is 26.4. The molecule has 4 rings (SSSR count). The van der Waals surface area contributed by atoms with E-state index in [9.17, 15) is 39.3 Å². The molecule has 0 bridgehead atoms. The Balaban J connectivity index is 1.34. The number of phosphoric acid groups is 2. The van der Waals surface area contributed by atoms with Crippen molar-refractivity contribution in [1.82, 2.24) is 19.5 Å². The minimum Gasteiger partial charge on any atom is -0.390 e. The number of aliphatic hydroxyl groups excluding tert-OH is 4. The lowest BCUT2D eigenvalue weighted by Crippen LogP contribution is -2.34. The molecule has 18 nitrogen and oxygen atoms in total. The Labute approximate surface area is 202 Å². The molecule has 202 valence electrons. The van der Waals surface area contributed by atoms with Crippen molar-refractivity contribution >= 4 is 32.6 Å². The summed E-state index contributed by atoms with van der Waals surface area (Å²) < 4.78 is 49.7. The van der Waals surface area contributed by atoms with Crippen molar-refractivity contribution in [1.29, 1.82) is 0 Å². The maximum Gasteiger partial charge on any atom is 0.481 e. The average molecular weight is 557 g/mol. The lowest BCUT2D eigenvalue weighted by atomic mass is 10.0. The van der Waals surface area contributed by atoms with Gasteiger partial charge in [-0.1, -0.05) is 6.92 Å². The number of nitrogen functional groups attached to an aromatic ring is 1. The van der Waals surface area contributed by atoms with Crippen molar-refractivity contribution in [2.75, 3.05) is 18.9 Å². The van der Waals surface area contributed by atoms with E-state index in [0.29, 0.717) is 11.2 Å². The Kier molecular flexibility index (Phi) is 7.81. The van der Waals surface area contributed by atoms with Gasteiger partial charge in [0, 0.05) is 5.92 Å². The molecule has 0 aromatic carbocycles. The average Bonchev–Trinajstić information content (AvgIpc) is 3.42. The molecule has 0 saturated carbocycles. The number of aromatic nitrogens is 4. The predicted molar refractivity (Wildman–Crippen MR) is 114 cm³/mol. The van der Waals surface area contributed by atoms with Gasteiger partial charge in [0.15, 0.2) is 17.8 Å². The summed E-state index contributed by atoms with van der Waals surface area (Å²) in [5, 5.41) is 38.9. The minimum atomic E-state index is -5.24. The van der Waals surface area contributed by atoms with Gasteiger partial charge in [0.05, 0.1) is 25.6 Å². The molecule has 3 unspecified atom stereocenters. The zero-order valence-electron chi connectivity index (χ0n) is 18.5. The number of nitrogens with zero attached hydrogens (tertiary/aromatic N) is 4. The highest BCUT2D eigenvalue weighted by atomic mass is 31.3. The number of rotatable bonds is 9. The first kappa shape index (κ1) is 27.4. The first-order chi connectivity index (χ1) is 16.8. The second-order valence-electron chi connectivity index (χ2n) is 8.15. The van der Waals surface area contributed by atoms with E-state index in [4.69, 9.17) is 19.7 Å². The van der Waals surface area contributed by atoms with Gasteiger partial charge >= 0.3 is 15.6 Å². The van der Waals surface area contributed by atoms with E-state index in [0.717, 1.165) is 0 Å². The minimum absolute atomic E-state index is 0.139. The van der Waals surface area contributed by atoms with Crippen LogP contribution in [-0.4, -0.2) is 99.8 Å². The van der Waals surface area contributed by atoms with Crippen LogP contribution in [0, 0.1) is 5.92 Å². The molecule has 20 heteroatoms.